The fraction of sp³-hybridized carbons (Fsp3) is 0.414. The molecule has 3 aromatic rings. The van der Waals surface area contributed by atoms with Gasteiger partial charge in [-0.15, -0.1) is 0 Å². The Labute approximate surface area is 197 Å². The second kappa shape index (κ2) is 11.3. The summed E-state index contributed by atoms with van der Waals surface area (Å²) in [6.07, 6.45) is 6.08. The van der Waals surface area contributed by atoms with Crippen molar-refractivity contribution < 1.29 is 14.3 Å². The summed E-state index contributed by atoms with van der Waals surface area (Å²) in [4.78, 5) is 11.5. The quantitative estimate of drug-likeness (QED) is 0.315. The van der Waals surface area contributed by atoms with Crippen LogP contribution in [0, 0.1) is 0 Å². The molecular weight excluding hydrogens is 410 g/mol. The van der Waals surface area contributed by atoms with E-state index in [0.29, 0.717) is 30.4 Å². The van der Waals surface area contributed by atoms with E-state index in [1.807, 2.05) is 12.1 Å². The van der Waals surface area contributed by atoms with Crippen LogP contribution >= 0.6 is 0 Å². The zero-order chi connectivity index (χ0) is 23.0. The number of ether oxygens (including phenoxy) is 2. The van der Waals surface area contributed by atoms with Gasteiger partial charge in [-0.25, -0.2) is 4.79 Å². The highest BCUT2D eigenvalue weighted by molar-refractivity contribution is 5.86. The summed E-state index contributed by atoms with van der Waals surface area (Å²) in [5.41, 5.74) is 2.72. The average Bonchev–Trinajstić information content (AvgIpc) is 3.08. The summed E-state index contributed by atoms with van der Waals surface area (Å²) >= 11 is 0. The number of nitrogens with one attached hydrogen (secondary N) is 1. The molecular formula is C29H35NO3. The minimum absolute atomic E-state index is 0.0470. The van der Waals surface area contributed by atoms with Crippen molar-refractivity contribution in [1.82, 2.24) is 5.32 Å². The summed E-state index contributed by atoms with van der Waals surface area (Å²) in [7, 11) is 0. The van der Waals surface area contributed by atoms with Crippen LogP contribution in [0.2, 0.25) is 0 Å². The number of hydrogen-bond acceptors (Lipinski definition) is 4. The van der Waals surface area contributed by atoms with Gasteiger partial charge in [-0.3, -0.25) is 0 Å². The van der Waals surface area contributed by atoms with Crippen LogP contribution in [-0.2, 0) is 9.53 Å². The van der Waals surface area contributed by atoms with Crippen LogP contribution in [0.4, 0.5) is 0 Å². The van der Waals surface area contributed by atoms with Crippen LogP contribution in [-0.4, -0.2) is 25.2 Å². The zero-order valence-electron chi connectivity index (χ0n) is 19.8. The first kappa shape index (κ1) is 23.3. The van der Waals surface area contributed by atoms with Crippen molar-refractivity contribution in [3.05, 3.63) is 77.9 Å². The van der Waals surface area contributed by atoms with Crippen molar-refractivity contribution in [1.29, 1.82) is 0 Å². The van der Waals surface area contributed by atoms with Crippen LogP contribution < -0.4 is 10.1 Å². The van der Waals surface area contributed by atoms with Crippen molar-refractivity contribution in [2.45, 2.75) is 64.0 Å². The fourth-order valence-corrected chi connectivity index (χ4v) is 5.07. The van der Waals surface area contributed by atoms with Gasteiger partial charge in [-0.05, 0) is 73.1 Å². The normalized spacial score (nSPS) is 19.6. The third kappa shape index (κ3) is 6.14. The van der Waals surface area contributed by atoms with Crippen molar-refractivity contribution >= 4 is 16.7 Å². The first-order valence-electron chi connectivity index (χ1n) is 12.3. The topological polar surface area (TPSA) is 47.6 Å². The monoisotopic (exact) mass is 445 g/mol. The average molecular weight is 446 g/mol. The summed E-state index contributed by atoms with van der Waals surface area (Å²) < 4.78 is 10.5. The number of carbonyl (C=O) groups is 1. The third-order valence-corrected chi connectivity index (χ3v) is 6.71. The second-order valence-corrected chi connectivity index (χ2v) is 9.03. The van der Waals surface area contributed by atoms with Gasteiger partial charge in [-0.2, -0.15) is 0 Å². The molecule has 0 bridgehead atoms. The van der Waals surface area contributed by atoms with Gasteiger partial charge in [0.05, 0.1) is 6.61 Å². The van der Waals surface area contributed by atoms with Crippen LogP contribution in [0.15, 0.2) is 66.7 Å². The Morgan fingerprint density at radius 1 is 1.00 bits per heavy atom. The van der Waals surface area contributed by atoms with Crippen molar-refractivity contribution in [3.63, 3.8) is 0 Å². The van der Waals surface area contributed by atoms with E-state index in [1.165, 1.54) is 47.6 Å². The maximum absolute atomic E-state index is 11.5. The molecule has 0 aliphatic heterocycles. The van der Waals surface area contributed by atoms with E-state index in [4.69, 9.17) is 9.47 Å². The van der Waals surface area contributed by atoms with Gasteiger partial charge in [0.25, 0.3) is 0 Å². The molecule has 4 heteroatoms. The maximum Gasteiger partial charge on any atom is 0.344 e. The third-order valence-electron chi connectivity index (χ3n) is 6.71. The highest BCUT2D eigenvalue weighted by Crippen LogP contribution is 2.34. The molecule has 1 fully saturated rings. The lowest BCUT2D eigenvalue weighted by Gasteiger charge is -2.26. The number of fused-ring (bicyclic) bond motifs is 1. The molecule has 1 aliphatic carbocycles. The number of hydrogen-bond donors (Lipinski definition) is 1. The van der Waals surface area contributed by atoms with Gasteiger partial charge < -0.3 is 14.8 Å². The Morgan fingerprint density at radius 3 is 2.58 bits per heavy atom. The SMILES string of the molecule is CCOC(=O)COc1ccc(C2CCCCC(N[C@H](C)c3cccc4ccccc34)C2)cc1. The predicted octanol–water partition coefficient (Wildman–Crippen LogP) is 6.55. The molecule has 4 rings (SSSR count). The molecule has 0 amide bonds. The molecule has 2 unspecified atom stereocenters. The lowest BCUT2D eigenvalue weighted by molar-refractivity contribution is -0.145. The number of carbonyl (C=O) groups excluding carboxylic acids is 1. The van der Waals surface area contributed by atoms with Gasteiger partial charge >= 0.3 is 5.97 Å². The Kier molecular flexibility index (Phi) is 8.01. The molecule has 3 atom stereocenters. The number of esters is 1. The summed E-state index contributed by atoms with van der Waals surface area (Å²) in [6, 6.07) is 24.3. The van der Waals surface area contributed by atoms with E-state index in [9.17, 15) is 4.79 Å². The largest absolute Gasteiger partial charge is 0.482 e. The van der Waals surface area contributed by atoms with Crippen LogP contribution in [0.5, 0.6) is 5.75 Å². The van der Waals surface area contributed by atoms with E-state index >= 15 is 0 Å². The van der Waals surface area contributed by atoms with Crippen LogP contribution in [0.1, 0.15) is 69.0 Å². The highest BCUT2D eigenvalue weighted by atomic mass is 16.6. The standard InChI is InChI=1S/C29H35NO3/c1-3-32-29(31)20-33-26-17-15-22(16-18-26)24-10-4-6-12-25(19-24)30-21(2)27-14-8-11-23-9-5-7-13-28(23)27/h5,7-9,11,13-18,21,24-25,30H,3-4,6,10,12,19-20H2,1-2H3/t21-,24?,25?/m1/s1. The molecule has 0 radical (unpaired) electrons. The minimum atomic E-state index is -0.334. The Bertz CT molecular complexity index is 1040. The number of rotatable bonds is 8. The van der Waals surface area contributed by atoms with Crippen molar-refractivity contribution in [2.75, 3.05) is 13.2 Å². The second-order valence-electron chi connectivity index (χ2n) is 9.03. The van der Waals surface area contributed by atoms with E-state index in [1.54, 1.807) is 6.92 Å². The van der Waals surface area contributed by atoms with Gasteiger partial charge in [0.2, 0.25) is 0 Å². The summed E-state index contributed by atoms with van der Waals surface area (Å²) in [5, 5.41) is 6.58. The van der Waals surface area contributed by atoms with Gasteiger partial charge in [-0.1, -0.05) is 67.4 Å². The molecule has 1 aliphatic rings. The van der Waals surface area contributed by atoms with Crippen LogP contribution in [0.3, 0.4) is 0 Å². The zero-order valence-corrected chi connectivity index (χ0v) is 19.8. The first-order valence-corrected chi connectivity index (χ1v) is 12.3. The molecule has 0 aromatic heterocycles. The first-order chi connectivity index (χ1) is 16.1. The molecule has 1 saturated carbocycles. The maximum atomic E-state index is 11.5. The molecule has 33 heavy (non-hydrogen) atoms. The van der Waals surface area contributed by atoms with Crippen molar-refractivity contribution in [2.24, 2.45) is 0 Å². The van der Waals surface area contributed by atoms with Gasteiger partial charge in [0.1, 0.15) is 5.75 Å². The fourth-order valence-electron chi connectivity index (χ4n) is 5.07. The molecule has 0 saturated heterocycles. The van der Waals surface area contributed by atoms with Crippen LogP contribution in [0.25, 0.3) is 10.8 Å². The molecule has 1 N–H and O–H groups in total. The lowest BCUT2D eigenvalue weighted by atomic mass is 9.89. The molecule has 174 valence electrons. The Hall–Kier alpha value is -2.85. The van der Waals surface area contributed by atoms with E-state index in [2.05, 4.69) is 66.8 Å². The van der Waals surface area contributed by atoms with E-state index < -0.39 is 0 Å². The molecule has 0 spiro atoms. The van der Waals surface area contributed by atoms with Gasteiger partial charge in [0.15, 0.2) is 6.61 Å². The van der Waals surface area contributed by atoms with E-state index in [-0.39, 0.29) is 12.6 Å². The van der Waals surface area contributed by atoms with Gasteiger partial charge in [0, 0.05) is 12.1 Å². The number of benzene rings is 3. The summed E-state index contributed by atoms with van der Waals surface area (Å²) in [6.45, 7) is 4.41. The Balaban J connectivity index is 1.39. The van der Waals surface area contributed by atoms with E-state index in [0.717, 1.165) is 6.42 Å². The minimum Gasteiger partial charge on any atom is -0.482 e. The molecule has 3 aromatic carbocycles. The Morgan fingerprint density at radius 2 is 1.76 bits per heavy atom. The molecule has 4 nitrogen and oxygen atoms in total. The predicted molar refractivity (Wildman–Crippen MR) is 134 cm³/mol. The highest BCUT2D eigenvalue weighted by Gasteiger charge is 2.23. The smallest absolute Gasteiger partial charge is 0.344 e. The molecule has 0 heterocycles. The van der Waals surface area contributed by atoms with Crippen molar-refractivity contribution in [3.8, 4) is 5.75 Å². The summed E-state index contributed by atoms with van der Waals surface area (Å²) in [5.74, 6) is 0.906. The lowest BCUT2D eigenvalue weighted by Crippen LogP contribution is -2.32.